The van der Waals surface area contributed by atoms with Gasteiger partial charge in [-0.1, -0.05) is 38.1 Å². The van der Waals surface area contributed by atoms with Crippen molar-refractivity contribution in [2.24, 2.45) is 0 Å². The summed E-state index contributed by atoms with van der Waals surface area (Å²) in [6.45, 7) is 4.68. The summed E-state index contributed by atoms with van der Waals surface area (Å²) in [6, 6.07) is 12.3. The number of nitrogens with two attached hydrogens (primary N) is 1. The summed E-state index contributed by atoms with van der Waals surface area (Å²) in [7, 11) is 0. The molecular formula is C16H18FNO. The molecule has 0 spiro atoms. The van der Waals surface area contributed by atoms with Crippen molar-refractivity contribution in [3.8, 4) is 5.75 Å². The molecule has 0 atom stereocenters. The smallest absolute Gasteiger partial charge is 0.145 e. The fraction of sp³-hybridized carbons (Fsp3) is 0.250. The molecule has 0 fully saturated rings. The second-order valence-electron chi connectivity index (χ2n) is 4.87. The Morgan fingerprint density at radius 3 is 2.42 bits per heavy atom. The topological polar surface area (TPSA) is 35.2 Å². The number of ether oxygens (including phenoxy) is 1. The summed E-state index contributed by atoms with van der Waals surface area (Å²) in [6.07, 6.45) is 0. The first kappa shape index (κ1) is 13.4. The van der Waals surface area contributed by atoms with Gasteiger partial charge in [0.2, 0.25) is 0 Å². The van der Waals surface area contributed by atoms with Gasteiger partial charge in [0, 0.05) is 6.07 Å². The van der Waals surface area contributed by atoms with Crippen LogP contribution in [-0.2, 0) is 6.61 Å². The molecule has 0 radical (unpaired) electrons. The molecule has 0 heterocycles. The van der Waals surface area contributed by atoms with E-state index in [2.05, 4.69) is 26.0 Å². The highest BCUT2D eigenvalue weighted by atomic mass is 19.1. The molecule has 2 N–H and O–H groups in total. The number of anilines is 1. The predicted octanol–water partition coefficient (Wildman–Crippen LogP) is 4.11. The molecule has 0 amide bonds. The van der Waals surface area contributed by atoms with Gasteiger partial charge < -0.3 is 10.5 Å². The lowest BCUT2D eigenvalue weighted by atomic mass is 10.0. The van der Waals surface area contributed by atoms with Crippen LogP contribution < -0.4 is 10.5 Å². The van der Waals surface area contributed by atoms with Gasteiger partial charge in [0.15, 0.2) is 0 Å². The highest BCUT2D eigenvalue weighted by Crippen LogP contribution is 2.23. The summed E-state index contributed by atoms with van der Waals surface area (Å²) in [5, 5.41) is 0. The Hall–Kier alpha value is -2.03. The minimum absolute atomic E-state index is 0.348. The van der Waals surface area contributed by atoms with Gasteiger partial charge in [-0.2, -0.15) is 0 Å². The van der Waals surface area contributed by atoms with Crippen molar-refractivity contribution in [2.45, 2.75) is 26.4 Å². The number of rotatable bonds is 4. The molecule has 0 aliphatic carbocycles. The van der Waals surface area contributed by atoms with Crippen molar-refractivity contribution in [3.63, 3.8) is 0 Å². The molecule has 2 nitrogen and oxygen atoms in total. The summed E-state index contributed by atoms with van der Waals surface area (Å²) < 4.78 is 18.6. The van der Waals surface area contributed by atoms with E-state index in [0.29, 0.717) is 24.0 Å². The number of hydrogen-bond donors (Lipinski definition) is 1. The zero-order chi connectivity index (χ0) is 13.8. The molecule has 2 rings (SSSR count). The van der Waals surface area contributed by atoms with E-state index in [1.165, 1.54) is 23.8 Å². The van der Waals surface area contributed by atoms with E-state index in [1.54, 1.807) is 0 Å². The molecule has 0 saturated heterocycles. The molecule has 2 aromatic carbocycles. The lowest BCUT2D eigenvalue weighted by Gasteiger charge is -2.10. The highest BCUT2D eigenvalue weighted by Gasteiger charge is 2.04. The standard InChI is InChI=1S/C16H18FNO/c1-11(2)13-5-3-12(4-6-13)10-19-16-9-14(17)7-8-15(16)18/h3-9,11H,10,18H2,1-2H3. The Morgan fingerprint density at radius 1 is 1.11 bits per heavy atom. The zero-order valence-electron chi connectivity index (χ0n) is 11.2. The molecule has 2 aromatic rings. The lowest BCUT2D eigenvalue weighted by Crippen LogP contribution is -1.99. The van der Waals surface area contributed by atoms with E-state index in [0.717, 1.165) is 5.56 Å². The van der Waals surface area contributed by atoms with Gasteiger partial charge in [-0.05, 0) is 29.2 Å². The first-order chi connectivity index (χ1) is 9.06. The number of hydrogen-bond acceptors (Lipinski definition) is 2. The van der Waals surface area contributed by atoms with Gasteiger partial charge in [-0.25, -0.2) is 4.39 Å². The van der Waals surface area contributed by atoms with Gasteiger partial charge in [-0.15, -0.1) is 0 Å². The fourth-order valence-electron chi connectivity index (χ4n) is 1.79. The van der Waals surface area contributed by atoms with Crippen LogP contribution in [0, 0.1) is 5.82 Å². The van der Waals surface area contributed by atoms with Crippen LogP contribution in [0.15, 0.2) is 42.5 Å². The third kappa shape index (κ3) is 3.47. The molecule has 0 unspecified atom stereocenters. The van der Waals surface area contributed by atoms with E-state index in [1.807, 2.05) is 12.1 Å². The van der Waals surface area contributed by atoms with Crippen molar-refractivity contribution >= 4 is 5.69 Å². The molecule has 0 aliphatic rings. The normalized spacial score (nSPS) is 10.7. The van der Waals surface area contributed by atoms with Crippen molar-refractivity contribution in [1.29, 1.82) is 0 Å². The van der Waals surface area contributed by atoms with Crippen LogP contribution in [-0.4, -0.2) is 0 Å². The van der Waals surface area contributed by atoms with E-state index >= 15 is 0 Å². The van der Waals surface area contributed by atoms with Crippen molar-refractivity contribution in [2.75, 3.05) is 5.73 Å². The Kier molecular flexibility index (Phi) is 4.05. The number of benzene rings is 2. The maximum absolute atomic E-state index is 13.1. The van der Waals surface area contributed by atoms with Crippen LogP contribution in [0.1, 0.15) is 30.9 Å². The summed E-state index contributed by atoms with van der Waals surface area (Å²) in [5.74, 6) is 0.543. The van der Waals surface area contributed by atoms with Crippen LogP contribution in [0.2, 0.25) is 0 Å². The minimum Gasteiger partial charge on any atom is -0.487 e. The SMILES string of the molecule is CC(C)c1ccc(COc2cc(F)ccc2N)cc1. The van der Waals surface area contributed by atoms with Crippen LogP contribution in [0.3, 0.4) is 0 Å². The molecule has 0 saturated carbocycles. The Labute approximate surface area is 113 Å². The van der Waals surface area contributed by atoms with Crippen LogP contribution in [0.4, 0.5) is 10.1 Å². The maximum Gasteiger partial charge on any atom is 0.145 e. The Balaban J connectivity index is 2.04. The van der Waals surface area contributed by atoms with E-state index in [-0.39, 0.29) is 5.82 Å². The largest absolute Gasteiger partial charge is 0.487 e. The van der Waals surface area contributed by atoms with Crippen molar-refractivity contribution in [1.82, 2.24) is 0 Å². The van der Waals surface area contributed by atoms with Gasteiger partial charge >= 0.3 is 0 Å². The summed E-state index contributed by atoms with van der Waals surface area (Å²) >= 11 is 0. The molecule has 3 heteroatoms. The monoisotopic (exact) mass is 259 g/mol. The quantitative estimate of drug-likeness (QED) is 0.839. The molecule has 0 aliphatic heterocycles. The first-order valence-electron chi connectivity index (χ1n) is 6.33. The fourth-order valence-corrected chi connectivity index (χ4v) is 1.79. The highest BCUT2D eigenvalue weighted by molar-refractivity contribution is 5.52. The van der Waals surface area contributed by atoms with Gasteiger partial charge in [0.1, 0.15) is 18.2 Å². The van der Waals surface area contributed by atoms with Crippen LogP contribution >= 0.6 is 0 Å². The predicted molar refractivity (Wildman–Crippen MR) is 75.7 cm³/mol. The lowest BCUT2D eigenvalue weighted by molar-refractivity contribution is 0.306. The number of halogens is 1. The zero-order valence-corrected chi connectivity index (χ0v) is 11.2. The van der Waals surface area contributed by atoms with Crippen LogP contribution in [0.5, 0.6) is 5.75 Å². The third-order valence-electron chi connectivity index (χ3n) is 3.02. The Morgan fingerprint density at radius 2 is 1.79 bits per heavy atom. The second kappa shape index (κ2) is 5.74. The molecule has 100 valence electrons. The summed E-state index contributed by atoms with van der Waals surface area (Å²) in [4.78, 5) is 0. The average Bonchev–Trinajstić information content (AvgIpc) is 2.40. The van der Waals surface area contributed by atoms with Crippen molar-refractivity contribution in [3.05, 3.63) is 59.4 Å². The Bertz CT molecular complexity index is 549. The first-order valence-corrected chi connectivity index (χ1v) is 6.33. The second-order valence-corrected chi connectivity index (χ2v) is 4.87. The van der Waals surface area contributed by atoms with E-state index < -0.39 is 0 Å². The maximum atomic E-state index is 13.1. The minimum atomic E-state index is -0.348. The van der Waals surface area contributed by atoms with Gasteiger partial charge in [0.25, 0.3) is 0 Å². The third-order valence-corrected chi connectivity index (χ3v) is 3.02. The molecule has 0 bridgehead atoms. The van der Waals surface area contributed by atoms with Gasteiger partial charge in [-0.3, -0.25) is 0 Å². The molecular weight excluding hydrogens is 241 g/mol. The van der Waals surface area contributed by atoms with E-state index in [4.69, 9.17) is 10.5 Å². The average molecular weight is 259 g/mol. The summed E-state index contributed by atoms with van der Waals surface area (Å²) in [5.41, 5.74) is 8.49. The number of nitrogen functional groups attached to an aromatic ring is 1. The van der Waals surface area contributed by atoms with Gasteiger partial charge in [0.05, 0.1) is 5.69 Å². The van der Waals surface area contributed by atoms with Crippen LogP contribution in [0.25, 0.3) is 0 Å². The molecule has 19 heavy (non-hydrogen) atoms. The van der Waals surface area contributed by atoms with E-state index in [9.17, 15) is 4.39 Å². The molecule has 0 aromatic heterocycles. The van der Waals surface area contributed by atoms with Crippen molar-refractivity contribution < 1.29 is 9.13 Å².